The highest BCUT2D eigenvalue weighted by molar-refractivity contribution is 6.26. The molecule has 57 heavy (non-hydrogen) atoms. The van der Waals surface area contributed by atoms with Crippen LogP contribution in [0.15, 0.2) is 180 Å². The number of para-hydroxylation sites is 2. The highest BCUT2D eigenvalue weighted by Gasteiger charge is 2.37. The average Bonchev–Trinajstić information content (AvgIpc) is 3.86. The smallest absolute Gasteiger partial charge is 0.135 e. The molecule has 0 amide bonds. The quantitative estimate of drug-likeness (QED) is 0.162. The van der Waals surface area contributed by atoms with E-state index in [-0.39, 0.29) is 5.41 Å². The molecule has 0 atom stereocenters. The summed E-state index contributed by atoms with van der Waals surface area (Å²) < 4.78 is 8.91. The molecule has 0 bridgehead atoms. The lowest BCUT2D eigenvalue weighted by Crippen LogP contribution is -2.15. The van der Waals surface area contributed by atoms with Gasteiger partial charge in [0.05, 0.1) is 16.7 Å². The highest BCUT2D eigenvalue weighted by Crippen LogP contribution is 2.53. The Hall–Kier alpha value is -7.16. The summed E-state index contributed by atoms with van der Waals surface area (Å²) >= 11 is 0. The molecule has 0 aliphatic heterocycles. The van der Waals surface area contributed by atoms with Crippen molar-refractivity contribution < 1.29 is 4.42 Å². The molecule has 0 spiro atoms. The minimum absolute atomic E-state index is 0.204. The van der Waals surface area contributed by atoms with E-state index in [4.69, 9.17) is 4.42 Å². The fraction of sp³-hybridized carbons (Fsp3) is 0.0545. The summed E-state index contributed by atoms with van der Waals surface area (Å²) in [6.45, 7) is 4.73. The van der Waals surface area contributed by atoms with Crippen molar-refractivity contribution in [2.45, 2.75) is 19.3 Å². The van der Waals surface area contributed by atoms with Crippen LogP contribution in [-0.4, -0.2) is 4.57 Å². The molecule has 13 rings (SSSR count). The van der Waals surface area contributed by atoms with Gasteiger partial charge in [0.1, 0.15) is 11.2 Å². The SMILES string of the molecule is CC1(C)c2cc3oc4ccccc4c3cc2-c2cc3c4ccccc4n(-c4ccc(-c5ccc6c7ccccc7c7ccccc7c6c5)c5ccccc45)c3cc21. The molecule has 2 heteroatoms. The summed E-state index contributed by atoms with van der Waals surface area (Å²) in [5.74, 6) is 0. The summed E-state index contributed by atoms with van der Waals surface area (Å²) in [4.78, 5) is 0. The highest BCUT2D eigenvalue weighted by atomic mass is 16.3. The fourth-order valence-corrected chi connectivity index (χ4v) is 10.5. The van der Waals surface area contributed by atoms with E-state index in [1.807, 2.05) is 6.07 Å². The van der Waals surface area contributed by atoms with Gasteiger partial charge in [0, 0.05) is 32.3 Å². The molecule has 0 fully saturated rings. The van der Waals surface area contributed by atoms with Gasteiger partial charge < -0.3 is 8.98 Å². The fourth-order valence-electron chi connectivity index (χ4n) is 10.5. The Kier molecular flexibility index (Phi) is 6.00. The molecule has 2 aromatic heterocycles. The summed E-state index contributed by atoms with van der Waals surface area (Å²) in [6.07, 6.45) is 0. The zero-order valence-electron chi connectivity index (χ0n) is 31.6. The van der Waals surface area contributed by atoms with Gasteiger partial charge in [-0.15, -0.1) is 0 Å². The Morgan fingerprint density at radius 3 is 1.65 bits per heavy atom. The van der Waals surface area contributed by atoms with E-state index in [2.05, 4.69) is 188 Å². The maximum atomic E-state index is 6.40. The van der Waals surface area contributed by atoms with Gasteiger partial charge in [-0.2, -0.15) is 0 Å². The van der Waals surface area contributed by atoms with Crippen LogP contribution in [0.1, 0.15) is 25.0 Å². The summed E-state index contributed by atoms with van der Waals surface area (Å²) in [7, 11) is 0. The number of benzene rings is 10. The van der Waals surface area contributed by atoms with Crippen LogP contribution in [0.2, 0.25) is 0 Å². The van der Waals surface area contributed by atoms with Crippen LogP contribution in [0.4, 0.5) is 0 Å². The van der Waals surface area contributed by atoms with Crippen LogP contribution >= 0.6 is 0 Å². The van der Waals surface area contributed by atoms with Crippen molar-refractivity contribution in [3.8, 4) is 27.9 Å². The monoisotopic (exact) mass is 725 g/mol. The number of nitrogens with zero attached hydrogens (tertiary/aromatic N) is 1. The Bertz CT molecular complexity index is 3690. The van der Waals surface area contributed by atoms with Crippen molar-refractivity contribution in [1.29, 1.82) is 0 Å². The van der Waals surface area contributed by atoms with E-state index in [9.17, 15) is 0 Å². The third-order valence-corrected chi connectivity index (χ3v) is 13.2. The molecule has 2 heterocycles. The molecule has 0 saturated heterocycles. The van der Waals surface area contributed by atoms with Gasteiger partial charge in [0.2, 0.25) is 0 Å². The van der Waals surface area contributed by atoms with E-state index >= 15 is 0 Å². The molecule has 0 radical (unpaired) electrons. The van der Waals surface area contributed by atoms with Crippen LogP contribution in [0.25, 0.3) is 115 Å². The normalized spacial score (nSPS) is 13.6. The second-order valence-electron chi connectivity index (χ2n) is 16.4. The van der Waals surface area contributed by atoms with Gasteiger partial charge in [-0.25, -0.2) is 0 Å². The van der Waals surface area contributed by atoms with E-state index < -0.39 is 0 Å². The molecule has 0 N–H and O–H groups in total. The minimum Gasteiger partial charge on any atom is -0.456 e. The van der Waals surface area contributed by atoms with E-state index in [0.29, 0.717) is 0 Å². The predicted molar refractivity (Wildman–Crippen MR) is 241 cm³/mol. The Morgan fingerprint density at radius 1 is 0.351 bits per heavy atom. The molecule has 10 aromatic carbocycles. The third-order valence-electron chi connectivity index (χ3n) is 13.2. The van der Waals surface area contributed by atoms with E-state index in [1.165, 1.54) is 115 Å². The Morgan fingerprint density at radius 2 is 0.912 bits per heavy atom. The second-order valence-corrected chi connectivity index (χ2v) is 16.4. The molecule has 266 valence electrons. The number of rotatable bonds is 2. The van der Waals surface area contributed by atoms with Crippen molar-refractivity contribution >= 4 is 86.8 Å². The molecule has 0 unspecified atom stereocenters. The van der Waals surface area contributed by atoms with Crippen molar-refractivity contribution in [3.63, 3.8) is 0 Å². The number of fused-ring (bicyclic) bond motifs is 16. The Balaban J connectivity index is 1.04. The average molecular weight is 726 g/mol. The van der Waals surface area contributed by atoms with Crippen molar-refractivity contribution in [1.82, 2.24) is 4.57 Å². The first-order valence-electron chi connectivity index (χ1n) is 19.9. The topological polar surface area (TPSA) is 18.1 Å². The van der Waals surface area contributed by atoms with E-state index in [0.717, 1.165) is 11.2 Å². The maximum absolute atomic E-state index is 6.40. The Labute approximate surface area is 328 Å². The minimum atomic E-state index is -0.204. The standard InChI is InChI=1S/C55H35NO/c1-55(2)48-30-52-46(28-44(48)45-29-47-42-20-10-12-22-53(42)57-54(47)31-49(45)55)41-19-9-11-21-50(41)56(52)51-26-25-33(34-13-7-8-18-40(34)51)32-23-24-39-37-16-4-3-14-35(37)36-15-5-6-17-38(36)43(39)27-32/h3-31H,1-2H3. The maximum Gasteiger partial charge on any atom is 0.135 e. The number of hydrogen-bond donors (Lipinski definition) is 0. The molecule has 2 nitrogen and oxygen atoms in total. The largest absolute Gasteiger partial charge is 0.456 e. The van der Waals surface area contributed by atoms with Gasteiger partial charge >= 0.3 is 0 Å². The first-order chi connectivity index (χ1) is 28.0. The summed E-state index contributed by atoms with van der Waals surface area (Å²) in [6, 6.07) is 65.3. The van der Waals surface area contributed by atoms with E-state index in [1.54, 1.807) is 0 Å². The van der Waals surface area contributed by atoms with Gasteiger partial charge in [0.15, 0.2) is 0 Å². The zero-order chi connectivity index (χ0) is 37.6. The lowest BCUT2D eigenvalue weighted by molar-refractivity contribution is 0.647. The van der Waals surface area contributed by atoms with Crippen LogP contribution in [0.3, 0.4) is 0 Å². The molecular formula is C55H35NO. The van der Waals surface area contributed by atoms with Crippen LogP contribution in [0, 0.1) is 0 Å². The summed E-state index contributed by atoms with van der Waals surface area (Å²) in [5.41, 5.74) is 13.1. The summed E-state index contributed by atoms with van der Waals surface area (Å²) in [5, 5.41) is 15.1. The van der Waals surface area contributed by atoms with Gasteiger partial charge in [-0.05, 0) is 120 Å². The molecular weight excluding hydrogens is 691 g/mol. The molecule has 1 aliphatic carbocycles. The third kappa shape index (κ3) is 4.09. The second kappa shape index (κ2) is 11.0. The molecule has 0 saturated carbocycles. The van der Waals surface area contributed by atoms with Crippen LogP contribution in [-0.2, 0) is 5.41 Å². The van der Waals surface area contributed by atoms with Crippen molar-refractivity contribution in [2.24, 2.45) is 0 Å². The van der Waals surface area contributed by atoms with Gasteiger partial charge in [-0.1, -0.05) is 141 Å². The zero-order valence-corrected chi connectivity index (χ0v) is 31.6. The lowest BCUT2D eigenvalue weighted by atomic mass is 9.82. The van der Waals surface area contributed by atoms with Crippen LogP contribution < -0.4 is 0 Å². The first-order valence-corrected chi connectivity index (χ1v) is 19.9. The van der Waals surface area contributed by atoms with Crippen LogP contribution in [0.5, 0.6) is 0 Å². The van der Waals surface area contributed by atoms with Gasteiger partial charge in [0.25, 0.3) is 0 Å². The first kappa shape index (κ1) is 31.1. The molecule has 1 aliphatic rings. The number of hydrogen-bond acceptors (Lipinski definition) is 1. The van der Waals surface area contributed by atoms with Gasteiger partial charge in [-0.3, -0.25) is 0 Å². The van der Waals surface area contributed by atoms with Crippen molar-refractivity contribution in [2.75, 3.05) is 0 Å². The predicted octanol–water partition coefficient (Wildman–Crippen LogP) is 15.3. The number of aromatic nitrogens is 1. The van der Waals surface area contributed by atoms with Crippen molar-refractivity contribution in [3.05, 3.63) is 187 Å². The number of furan rings is 1. The lowest BCUT2D eigenvalue weighted by Gasteiger charge is -2.22. The molecule has 12 aromatic rings.